The van der Waals surface area contributed by atoms with E-state index in [9.17, 15) is 9.59 Å². The first-order valence-corrected chi connectivity index (χ1v) is 10.8. The third kappa shape index (κ3) is 6.54. The molecular formula is C24H32N4O3. The molecule has 0 unspecified atom stereocenters. The fraction of sp³-hybridized carbons (Fsp3) is 0.417. The first kappa shape index (κ1) is 22.8. The Morgan fingerprint density at radius 3 is 2.26 bits per heavy atom. The fourth-order valence-electron chi connectivity index (χ4n) is 3.54. The normalized spacial score (nSPS) is 13.9. The maximum absolute atomic E-state index is 12.5. The summed E-state index contributed by atoms with van der Waals surface area (Å²) in [6.07, 6.45) is 0. The van der Waals surface area contributed by atoms with Gasteiger partial charge in [0.15, 0.2) is 0 Å². The number of hydrogen-bond acceptors (Lipinski definition) is 5. The van der Waals surface area contributed by atoms with E-state index in [0.717, 1.165) is 54.5 Å². The number of amides is 2. The van der Waals surface area contributed by atoms with Gasteiger partial charge >= 0.3 is 0 Å². The standard InChI is InChI=1S/C24H32N4O3/c1-4-27(17-24(30)26-22-7-5-6-18(2)19(22)3)16-23(29)25-20-8-10-21(11-9-20)28-12-14-31-15-13-28/h5-11H,4,12-17H2,1-3H3,(H,25,29)(H,26,30). The van der Waals surface area contributed by atoms with Crippen molar-refractivity contribution in [3.63, 3.8) is 0 Å². The summed E-state index contributed by atoms with van der Waals surface area (Å²) < 4.78 is 5.38. The molecule has 0 bridgehead atoms. The quantitative estimate of drug-likeness (QED) is 0.681. The minimum Gasteiger partial charge on any atom is -0.378 e. The summed E-state index contributed by atoms with van der Waals surface area (Å²) in [7, 11) is 0. The molecule has 1 aliphatic rings. The Morgan fingerprint density at radius 2 is 1.61 bits per heavy atom. The topological polar surface area (TPSA) is 73.9 Å². The number of benzene rings is 2. The molecule has 166 valence electrons. The van der Waals surface area contributed by atoms with Gasteiger partial charge in [0.05, 0.1) is 26.3 Å². The van der Waals surface area contributed by atoms with Crippen LogP contribution in [-0.4, -0.2) is 62.7 Å². The van der Waals surface area contributed by atoms with Crippen LogP contribution in [-0.2, 0) is 14.3 Å². The molecule has 1 fully saturated rings. The molecule has 0 aliphatic carbocycles. The van der Waals surface area contributed by atoms with Crippen molar-refractivity contribution < 1.29 is 14.3 Å². The van der Waals surface area contributed by atoms with Gasteiger partial charge in [-0.2, -0.15) is 0 Å². The molecule has 2 aromatic rings. The van der Waals surface area contributed by atoms with E-state index in [0.29, 0.717) is 6.54 Å². The van der Waals surface area contributed by atoms with Crippen LogP contribution in [0.25, 0.3) is 0 Å². The molecule has 7 nitrogen and oxygen atoms in total. The molecule has 0 aromatic heterocycles. The predicted molar refractivity (Wildman–Crippen MR) is 125 cm³/mol. The van der Waals surface area contributed by atoms with Crippen molar-refractivity contribution in [3.8, 4) is 0 Å². The first-order chi connectivity index (χ1) is 15.0. The van der Waals surface area contributed by atoms with Crippen LogP contribution >= 0.6 is 0 Å². The van der Waals surface area contributed by atoms with Gasteiger partial charge in [-0.3, -0.25) is 14.5 Å². The minimum atomic E-state index is -0.138. The molecule has 1 heterocycles. The van der Waals surface area contributed by atoms with E-state index in [-0.39, 0.29) is 24.9 Å². The van der Waals surface area contributed by atoms with Crippen LogP contribution < -0.4 is 15.5 Å². The van der Waals surface area contributed by atoms with Gasteiger partial charge in [-0.25, -0.2) is 0 Å². The Kier molecular flexibility index (Phi) is 8.03. The van der Waals surface area contributed by atoms with Gasteiger partial charge in [-0.05, 0) is 61.9 Å². The van der Waals surface area contributed by atoms with Gasteiger partial charge in [-0.1, -0.05) is 19.1 Å². The van der Waals surface area contributed by atoms with Crippen molar-refractivity contribution in [2.24, 2.45) is 0 Å². The third-order valence-corrected chi connectivity index (χ3v) is 5.59. The summed E-state index contributed by atoms with van der Waals surface area (Å²) in [6.45, 7) is 10.1. The third-order valence-electron chi connectivity index (χ3n) is 5.59. The van der Waals surface area contributed by atoms with Crippen LogP contribution in [0.2, 0.25) is 0 Å². The maximum atomic E-state index is 12.5. The van der Waals surface area contributed by atoms with Crippen molar-refractivity contribution in [1.29, 1.82) is 0 Å². The zero-order chi connectivity index (χ0) is 22.2. The lowest BCUT2D eigenvalue weighted by atomic mass is 10.1. The predicted octanol–water partition coefficient (Wildman–Crippen LogP) is 3.04. The van der Waals surface area contributed by atoms with Crippen molar-refractivity contribution >= 4 is 28.9 Å². The Labute approximate surface area is 184 Å². The Hall–Kier alpha value is -2.90. The molecule has 1 aliphatic heterocycles. The zero-order valence-electron chi connectivity index (χ0n) is 18.6. The molecule has 0 atom stereocenters. The number of carbonyl (C=O) groups excluding carboxylic acids is 2. The lowest BCUT2D eigenvalue weighted by molar-refractivity contribution is -0.119. The van der Waals surface area contributed by atoms with E-state index < -0.39 is 0 Å². The summed E-state index contributed by atoms with van der Waals surface area (Å²) in [5, 5.41) is 5.87. The summed E-state index contributed by atoms with van der Waals surface area (Å²) in [4.78, 5) is 29.1. The van der Waals surface area contributed by atoms with Crippen LogP contribution in [0.15, 0.2) is 42.5 Å². The largest absolute Gasteiger partial charge is 0.378 e. The van der Waals surface area contributed by atoms with Crippen molar-refractivity contribution in [1.82, 2.24) is 4.90 Å². The summed E-state index contributed by atoms with van der Waals surface area (Å²) in [6, 6.07) is 13.7. The molecule has 2 aromatic carbocycles. The van der Waals surface area contributed by atoms with Crippen molar-refractivity contribution in [2.45, 2.75) is 20.8 Å². The molecule has 3 rings (SSSR count). The van der Waals surface area contributed by atoms with Gasteiger partial charge in [0.25, 0.3) is 0 Å². The molecule has 31 heavy (non-hydrogen) atoms. The Balaban J connectivity index is 1.49. The first-order valence-electron chi connectivity index (χ1n) is 10.8. The monoisotopic (exact) mass is 424 g/mol. The number of aryl methyl sites for hydroxylation is 1. The van der Waals surface area contributed by atoms with Crippen LogP contribution in [0.3, 0.4) is 0 Å². The van der Waals surface area contributed by atoms with Crippen LogP contribution in [0.5, 0.6) is 0 Å². The highest BCUT2D eigenvalue weighted by molar-refractivity contribution is 5.95. The molecule has 0 saturated carbocycles. The van der Waals surface area contributed by atoms with Crippen LogP contribution in [0.4, 0.5) is 17.1 Å². The maximum Gasteiger partial charge on any atom is 0.238 e. The van der Waals surface area contributed by atoms with E-state index in [4.69, 9.17) is 4.74 Å². The summed E-state index contributed by atoms with van der Waals surface area (Å²) in [5.41, 5.74) is 4.87. The lowest BCUT2D eigenvalue weighted by Crippen LogP contribution is -2.38. The van der Waals surface area contributed by atoms with Gasteiger partial charge in [0.1, 0.15) is 0 Å². The van der Waals surface area contributed by atoms with E-state index in [1.165, 1.54) is 0 Å². The number of morpholine rings is 1. The second kappa shape index (κ2) is 10.9. The average Bonchev–Trinajstić information content (AvgIpc) is 2.77. The van der Waals surface area contributed by atoms with Crippen LogP contribution in [0.1, 0.15) is 18.1 Å². The van der Waals surface area contributed by atoms with E-state index >= 15 is 0 Å². The molecule has 1 saturated heterocycles. The summed E-state index contributed by atoms with van der Waals surface area (Å²) in [5.74, 6) is -0.265. The number of rotatable bonds is 8. The zero-order valence-corrected chi connectivity index (χ0v) is 18.6. The van der Waals surface area contributed by atoms with Crippen LogP contribution in [0, 0.1) is 13.8 Å². The van der Waals surface area contributed by atoms with E-state index in [1.54, 1.807) is 0 Å². The molecule has 0 spiro atoms. The number of ether oxygens (including phenoxy) is 1. The summed E-state index contributed by atoms with van der Waals surface area (Å²) >= 11 is 0. The number of hydrogen-bond donors (Lipinski definition) is 2. The Morgan fingerprint density at radius 1 is 0.968 bits per heavy atom. The number of nitrogens with one attached hydrogen (secondary N) is 2. The number of anilines is 3. The van der Waals surface area contributed by atoms with Crippen molar-refractivity contribution in [3.05, 3.63) is 53.6 Å². The second-order valence-corrected chi connectivity index (χ2v) is 7.79. The highest BCUT2D eigenvalue weighted by Gasteiger charge is 2.15. The number of carbonyl (C=O) groups is 2. The number of likely N-dealkylation sites (N-methyl/N-ethyl adjacent to an activating group) is 1. The van der Waals surface area contributed by atoms with Gasteiger partial charge < -0.3 is 20.3 Å². The SMILES string of the molecule is CCN(CC(=O)Nc1ccc(N2CCOCC2)cc1)CC(=O)Nc1cccc(C)c1C. The molecule has 0 radical (unpaired) electrons. The highest BCUT2D eigenvalue weighted by Crippen LogP contribution is 2.19. The van der Waals surface area contributed by atoms with E-state index in [1.807, 2.05) is 68.1 Å². The molecular weight excluding hydrogens is 392 g/mol. The molecule has 2 N–H and O–H groups in total. The van der Waals surface area contributed by atoms with Crippen molar-refractivity contribution in [2.75, 3.05) is 61.5 Å². The molecule has 2 amide bonds. The number of nitrogens with zero attached hydrogens (tertiary/aromatic N) is 2. The lowest BCUT2D eigenvalue weighted by Gasteiger charge is -2.29. The van der Waals surface area contributed by atoms with E-state index in [2.05, 4.69) is 15.5 Å². The average molecular weight is 425 g/mol. The highest BCUT2D eigenvalue weighted by atomic mass is 16.5. The smallest absolute Gasteiger partial charge is 0.238 e. The second-order valence-electron chi connectivity index (χ2n) is 7.79. The fourth-order valence-corrected chi connectivity index (χ4v) is 3.54. The van der Waals surface area contributed by atoms with Gasteiger partial charge in [0.2, 0.25) is 11.8 Å². The molecule has 7 heteroatoms. The minimum absolute atomic E-state index is 0.127. The van der Waals surface area contributed by atoms with Gasteiger partial charge in [0, 0.05) is 30.2 Å². The van der Waals surface area contributed by atoms with Gasteiger partial charge in [-0.15, -0.1) is 0 Å². The Bertz CT molecular complexity index is 892.